The van der Waals surface area contributed by atoms with Gasteiger partial charge in [-0.1, -0.05) is 42.5 Å². The average molecular weight is 432 g/mol. The molecule has 3 heterocycles. The zero-order valence-electron chi connectivity index (χ0n) is 16.8. The number of nitrogens with zero attached hydrogens (tertiary/aromatic N) is 4. The predicted molar refractivity (Wildman–Crippen MR) is 121 cm³/mol. The van der Waals surface area contributed by atoms with E-state index in [0.29, 0.717) is 16.2 Å². The Morgan fingerprint density at radius 1 is 1.10 bits per heavy atom. The van der Waals surface area contributed by atoms with Crippen LogP contribution in [0.4, 0.5) is 5.13 Å². The topological polar surface area (TPSA) is 80.1 Å². The lowest BCUT2D eigenvalue weighted by Gasteiger charge is -2.25. The van der Waals surface area contributed by atoms with Gasteiger partial charge in [0.05, 0.1) is 22.9 Å². The second-order valence-corrected chi connectivity index (χ2v) is 8.64. The lowest BCUT2D eigenvalue weighted by Crippen LogP contribution is -2.29. The van der Waals surface area contributed by atoms with E-state index in [1.54, 1.807) is 6.07 Å². The minimum Gasteiger partial charge on any atom is -0.300 e. The number of aromatic nitrogens is 3. The third-order valence-corrected chi connectivity index (χ3v) is 6.36. The Balaban J connectivity index is 1.28. The molecule has 156 valence electrons. The highest BCUT2D eigenvalue weighted by Crippen LogP contribution is 2.29. The first-order valence-corrected chi connectivity index (χ1v) is 11.0. The van der Waals surface area contributed by atoms with E-state index >= 15 is 0 Å². The summed E-state index contributed by atoms with van der Waals surface area (Å²) in [6, 6.07) is 17.7. The van der Waals surface area contributed by atoms with Gasteiger partial charge in [-0.15, -0.1) is 11.3 Å². The first kappa shape index (κ1) is 19.6. The second kappa shape index (κ2) is 8.41. The van der Waals surface area contributed by atoms with Crippen LogP contribution in [-0.2, 0) is 30.8 Å². The monoisotopic (exact) mass is 431 g/mol. The number of anilines is 1. The van der Waals surface area contributed by atoms with Crippen molar-refractivity contribution in [1.82, 2.24) is 19.4 Å². The van der Waals surface area contributed by atoms with Crippen LogP contribution in [0.25, 0.3) is 11.0 Å². The molecule has 0 saturated carbocycles. The Labute approximate surface area is 183 Å². The number of para-hydroxylation sites is 2. The van der Waals surface area contributed by atoms with Gasteiger partial charge in [0.1, 0.15) is 6.54 Å². The van der Waals surface area contributed by atoms with Crippen LogP contribution >= 0.6 is 11.3 Å². The van der Waals surface area contributed by atoms with Crippen LogP contribution in [0, 0.1) is 0 Å². The molecule has 0 unspecified atom stereocenters. The second-order valence-electron chi connectivity index (χ2n) is 7.55. The molecule has 0 bridgehead atoms. The van der Waals surface area contributed by atoms with Crippen molar-refractivity contribution >= 4 is 33.4 Å². The van der Waals surface area contributed by atoms with Gasteiger partial charge < -0.3 is 5.32 Å². The number of rotatable bonds is 5. The van der Waals surface area contributed by atoms with Crippen molar-refractivity contribution in [2.24, 2.45) is 0 Å². The number of carbonyl (C=O) groups excluding carboxylic acids is 1. The molecule has 1 aliphatic rings. The molecule has 31 heavy (non-hydrogen) atoms. The van der Waals surface area contributed by atoms with Crippen LogP contribution in [0.1, 0.15) is 16.1 Å². The van der Waals surface area contributed by atoms with Crippen molar-refractivity contribution in [2.45, 2.75) is 26.1 Å². The van der Waals surface area contributed by atoms with E-state index in [4.69, 9.17) is 0 Å². The molecule has 2 aromatic heterocycles. The summed E-state index contributed by atoms with van der Waals surface area (Å²) in [7, 11) is 0. The molecule has 8 heteroatoms. The lowest BCUT2D eigenvalue weighted by atomic mass is 10.1. The van der Waals surface area contributed by atoms with E-state index in [9.17, 15) is 9.59 Å². The molecule has 1 N–H and O–H groups in total. The van der Waals surface area contributed by atoms with Gasteiger partial charge >= 0.3 is 0 Å². The van der Waals surface area contributed by atoms with Crippen LogP contribution < -0.4 is 10.9 Å². The summed E-state index contributed by atoms with van der Waals surface area (Å²) >= 11 is 1.51. The number of nitrogens with one attached hydrogen (secondary N) is 1. The Morgan fingerprint density at radius 3 is 2.77 bits per heavy atom. The third kappa shape index (κ3) is 4.26. The van der Waals surface area contributed by atoms with Crippen molar-refractivity contribution in [3.63, 3.8) is 0 Å². The molecule has 0 radical (unpaired) electrons. The summed E-state index contributed by atoms with van der Waals surface area (Å²) in [6.45, 7) is 2.59. The Morgan fingerprint density at radius 2 is 1.90 bits per heavy atom. The van der Waals surface area contributed by atoms with Gasteiger partial charge in [-0.05, 0) is 17.7 Å². The van der Waals surface area contributed by atoms with Crippen LogP contribution in [0.3, 0.4) is 0 Å². The van der Waals surface area contributed by atoms with Crippen LogP contribution in [0.15, 0.2) is 65.6 Å². The quantitative estimate of drug-likeness (QED) is 0.525. The SMILES string of the molecule is O=C(Cn1c(=O)cnc2ccccc21)Nc1nc2c(s1)CN(Cc1ccccc1)CC2. The Hall–Kier alpha value is -3.36. The van der Waals surface area contributed by atoms with Crippen LogP contribution in [0.2, 0.25) is 0 Å². The highest BCUT2D eigenvalue weighted by molar-refractivity contribution is 7.15. The van der Waals surface area contributed by atoms with Gasteiger partial charge in [-0.25, -0.2) is 9.97 Å². The maximum Gasteiger partial charge on any atom is 0.269 e. The maximum atomic E-state index is 12.7. The van der Waals surface area contributed by atoms with E-state index in [1.165, 1.54) is 32.5 Å². The number of thiazole rings is 1. The molecule has 7 nitrogen and oxygen atoms in total. The van der Waals surface area contributed by atoms with Crippen molar-refractivity contribution in [3.8, 4) is 0 Å². The van der Waals surface area contributed by atoms with Crippen LogP contribution in [0.5, 0.6) is 0 Å². The highest BCUT2D eigenvalue weighted by atomic mass is 32.1. The number of benzene rings is 2. The fourth-order valence-electron chi connectivity index (χ4n) is 3.86. The van der Waals surface area contributed by atoms with Crippen molar-refractivity contribution in [2.75, 3.05) is 11.9 Å². The number of amides is 1. The summed E-state index contributed by atoms with van der Waals surface area (Å²) < 4.78 is 1.44. The van der Waals surface area contributed by atoms with Crippen molar-refractivity contribution in [1.29, 1.82) is 0 Å². The first-order valence-electron chi connectivity index (χ1n) is 10.1. The van der Waals surface area contributed by atoms with E-state index in [1.807, 2.05) is 24.3 Å². The third-order valence-electron chi connectivity index (χ3n) is 5.36. The van der Waals surface area contributed by atoms with Crippen LogP contribution in [-0.4, -0.2) is 31.9 Å². The standard InChI is InChI=1S/C23H21N5O2S/c29-21(15-28-19-9-5-4-8-17(19)24-12-22(28)30)26-23-25-18-10-11-27(14-20(18)31-23)13-16-6-2-1-3-7-16/h1-9,12H,10-11,13-15H2,(H,25,26,29). The summed E-state index contributed by atoms with van der Waals surface area (Å²) in [5.41, 5.74) is 3.36. The molecule has 2 aromatic carbocycles. The Kier molecular flexibility index (Phi) is 5.31. The van der Waals surface area contributed by atoms with E-state index in [2.05, 4.69) is 44.5 Å². The highest BCUT2D eigenvalue weighted by Gasteiger charge is 2.21. The van der Waals surface area contributed by atoms with Gasteiger partial charge in [0.2, 0.25) is 5.91 Å². The minimum atomic E-state index is -0.302. The fourth-order valence-corrected chi connectivity index (χ4v) is 4.93. The molecule has 0 saturated heterocycles. The molecule has 1 amide bonds. The number of hydrogen-bond acceptors (Lipinski definition) is 6. The Bertz CT molecular complexity index is 1300. The predicted octanol–water partition coefficient (Wildman–Crippen LogP) is 3.05. The van der Waals surface area contributed by atoms with Gasteiger partial charge in [0.15, 0.2) is 5.13 Å². The van der Waals surface area contributed by atoms with Crippen molar-refractivity contribution in [3.05, 3.63) is 87.3 Å². The molecule has 5 rings (SSSR count). The molecule has 0 spiro atoms. The molecular formula is C23H21N5O2S. The minimum absolute atomic E-state index is 0.0771. The van der Waals surface area contributed by atoms with Gasteiger partial charge in [-0.2, -0.15) is 0 Å². The fraction of sp³-hybridized carbons (Fsp3) is 0.217. The largest absolute Gasteiger partial charge is 0.300 e. The summed E-state index contributed by atoms with van der Waals surface area (Å²) in [5.74, 6) is -0.273. The molecule has 4 aromatic rings. The molecule has 1 aliphatic heterocycles. The number of carbonyl (C=O) groups is 1. The van der Waals surface area contributed by atoms with E-state index in [0.717, 1.165) is 31.7 Å². The zero-order chi connectivity index (χ0) is 21.2. The summed E-state index contributed by atoms with van der Waals surface area (Å²) in [4.78, 5) is 37.3. The van der Waals surface area contributed by atoms with Crippen molar-refractivity contribution < 1.29 is 4.79 Å². The van der Waals surface area contributed by atoms with Gasteiger partial charge in [0.25, 0.3) is 5.56 Å². The summed E-state index contributed by atoms with van der Waals surface area (Å²) in [5, 5.41) is 3.46. The first-order chi connectivity index (χ1) is 15.2. The molecule has 0 atom stereocenters. The summed E-state index contributed by atoms with van der Waals surface area (Å²) in [6.07, 6.45) is 2.11. The number of fused-ring (bicyclic) bond motifs is 2. The molecule has 0 fully saturated rings. The van der Waals surface area contributed by atoms with Gasteiger partial charge in [0, 0.05) is 30.9 Å². The van der Waals surface area contributed by atoms with E-state index in [-0.39, 0.29) is 18.0 Å². The maximum absolute atomic E-state index is 12.7. The van der Waals surface area contributed by atoms with Gasteiger partial charge in [-0.3, -0.25) is 19.1 Å². The number of hydrogen-bond donors (Lipinski definition) is 1. The molecule has 0 aliphatic carbocycles. The average Bonchev–Trinajstić information content (AvgIpc) is 3.18. The normalized spacial score (nSPS) is 13.8. The van der Waals surface area contributed by atoms with E-state index < -0.39 is 0 Å². The lowest BCUT2D eigenvalue weighted by molar-refractivity contribution is -0.116. The smallest absolute Gasteiger partial charge is 0.269 e. The zero-order valence-corrected chi connectivity index (χ0v) is 17.6. The molecular weight excluding hydrogens is 410 g/mol.